The van der Waals surface area contributed by atoms with Crippen LogP contribution in [0.25, 0.3) is 11.0 Å². The lowest BCUT2D eigenvalue weighted by Gasteiger charge is -2.05. The van der Waals surface area contributed by atoms with Crippen molar-refractivity contribution < 1.29 is 4.39 Å². The Hall–Kier alpha value is -1.88. The first kappa shape index (κ1) is 13.1. The maximum Gasteiger partial charge on any atom is 0.329 e. The molecule has 0 saturated carbocycles. The van der Waals surface area contributed by atoms with Gasteiger partial charge in [0.25, 0.3) is 0 Å². The van der Waals surface area contributed by atoms with Crippen molar-refractivity contribution in [2.75, 3.05) is 0 Å². The molecule has 0 aliphatic carbocycles. The first-order valence-electron chi connectivity index (χ1n) is 6.16. The predicted molar refractivity (Wildman–Crippen MR) is 80.4 cm³/mol. The monoisotopic (exact) mass is 334 g/mol. The summed E-state index contributed by atoms with van der Waals surface area (Å²) in [5.74, 6) is -0.306. The lowest BCUT2D eigenvalue weighted by molar-refractivity contribution is 0.619. The van der Waals surface area contributed by atoms with Gasteiger partial charge in [0.15, 0.2) is 0 Å². The number of rotatable bonds is 2. The summed E-state index contributed by atoms with van der Waals surface area (Å²) in [4.78, 5) is 12.3. The van der Waals surface area contributed by atoms with Crippen LogP contribution in [0.3, 0.4) is 0 Å². The summed E-state index contributed by atoms with van der Waals surface area (Å²) in [6, 6.07) is 12.4. The number of halogens is 2. The number of nitrogens with zero attached hydrogens (tertiary/aromatic N) is 2. The molecule has 0 amide bonds. The van der Waals surface area contributed by atoms with Crippen molar-refractivity contribution in [3.63, 3.8) is 0 Å². The number of benzene rings is 2. The Balaban J connectivity index is 2.13. The van der Waals surface area contributed by atoms with Gasteiger partial charge in [-0.05, 0) is 45.8 Å². The van der Waals surface area contributed by atoms with E-state index >= 15 is 0 Å². The van der Waals surface area contributed by atoms with Gasteiger partial charge in [-0.1, -0.05) is 18.2 Å². The fourth-order valence-electron chi connectivity index (χ4n) is 2.34. The van der Waals surface area contributed by atoms with Gasteiger partial charge >= 0.3 is 5.69 Å². The van der Waals surface area contributed by atoms with E-state index < -0.39 is 0 Å². The molecule has 0 atom stereocenters. The van der Waals surface area contributed by atoms with Gasteiger partial charge in [0.05, 0.1) is 22.1 Å². The molecule has 0 bridgehead atoms. The van der Waals surface area contributed by atoms with Crippen LogP contribution in [0.15, 0.2) is 51.7 Å². The number of aryl methyl sites for hydroxylation is 1. The summed E-state index contributed by atoms with van der Waals surface area (Å²) >= 11 is 3.17. The topological polar surface area (TPSA) is 26.9 Å². The van der Waals surface area contributed by atoms with E-state index in [1.54, 1.807) is 28.3 Å². The molecule has 0 spiro atoms. The first-order valence-corrected chi connectivity index (χ1v) is 6.95. The molecule has 1 aromatic heterocycles. The molecular weight excluding hydrogens is 323 g/mol. The Labute approximate surface area is 123 Å². The second kappa shape index (κ2) is 4.90. The van der Waals surface area contributed by atoms with Crippen LogP contribution in [-0.4, -0.2) is 9.13 Å². The molecule has 0 radical (unpaired) electrons. The number of hydrogen-bond donors (Lipinski definition) is 0. The number of para-hydroxylation sites is 2. The number of hydrogen-bond acceptors (Lipinski definition) is 1. The summed E-state index contributed by atoms with van der Waals surface area (Å²) in [6.45, 7) is 0.416. The molecular formula is C15H12BrFN2O. The lowest BCUT2D eigenvalue weighted by atomic mass is 10.2. The predicted octanol–water partition coefficient (Wildman–Crippen LogP) is 3.29. The van der Waals surface area contributed by atoms with Gasteiger partial charge in [-0.25, -0.2) is 9.18 Å². The molecule has 20 heavy (non-hydrogen) atoms. The molecule has 2 aromatic carbocycles. The zero-order valence-electron chi connectivity index (χ0n) is 10.8. The lowest BCUT2D eigenvalue weighted by Crippen LogP contribution is -2.22. The van der Waals surface area contributed by atoms with E-state index in [2.05, 4.69) is 15.9 Å². The Bertz CT molecular complexity index is 851. The molecule has 0 N–H and O–H groups in total. The second-order valence-electron chi connectivity index (χ2n) is 4.66. The standard InChI is InChI=1S/C15H12BrFN2O/c1-18-13-4-2-3-5-14(13)19(15(18)20)9-10-6-7-12(17)11(16)8-10/h2-8H,9H2,1H3. The minimum Gasteiger partial charge on any atom is -0.295 e. The van der Waals surface area contributed by atoms with Gasteiger partial charge in [-0.2, -0.15) is 0 Å². The molecule has 102 valence electrons. The van der Waals surface area contributed by atoms with Crippen LogP contribution >= 0.6 is 15.9 Å². The van der Waals surface area contributed by atoms with E-state index in [-0.39, 0.29) is 11.5 Å². The molecule has 0 fully saturated rings. The van der Waals surface area contributed by atoms with Crippen LogP contribution in [0.4, 0.5) is 4.39 Å². The Morgan fingerprint density at radius 2 is 1.85 bits per heavy atom. The third-order valence-electron chi connectivity index (χ3n) is 3.38. The van der Waals surface area contributed by atoms with Crippen molar-refractivity contribution in [3.05, 3.63) is 68.8 Å². The highest BCUT2D eigenvalue weighted by atomic mass is 79.9. The third-order valence-corrected chi connectivity index (χ3v) is 3.98. The largest absolute Gasteiger partial charge is 0.329 e. The number of aromatic nitrogens is 2. The van der Waals surface area contributed by atoms with E-state index in [0.29, 0.717) is 11.0 Å². The summed E-state index contributed by atoms with van der Waals surface area (Å²) in [7, 11) is 1.75. The maximum atomic E-state index is 13.3. The van der Waals surface area contributed by atoms with E-state index in [1.165, 1.54) is 6.07 Å². The van der Waals surface area contributed by atoms with Crippen molar-refractivity contribution in [2.24, 2.45) is 7.05 Å². The highest BCUT2D eigenvalue weighted by molar-refractivity contribution is 9.10. The van der Waals surface area contributed by atoms with E-state index in [4.69, 9.17) is 0 Å². The van der Waals surface area contributed by atoms with Gasteiger partial charge in [0.1, 0.15) is 5.82 Å². The molecule has 0 aliphatic rings. The molecule has 5 heteroatoms. The van der Waals surface area contributed by atoms with E-state index in [1.807, 2.05) is 24.3 Å². The van der Waals surface area contributed by atoms with Crippen molar-refractivity contribution in [3.8, 4) is 0 Å². The highest BCUT2D eigenvalue weighted by Crippen LogP contribution is 2.19. The Morgan fingerprint density at radius 1 is 1.15 bits per heavy atom. The van der Waals surface area contributed by atoms with Gasteiger partial charge in [-0.3, -0.25) is 9.13 Å². The molecule has 3 rings (SSSR count). The average Bonchev–Trinajstić information content (AvgIpc) is 2.69. The Kier molecular flexibility index (Phi) is 3.22. The molecule has 0 unspecified atom stereocenters. The molecule has 0 aliphatic heterocycles. The number of imidazole rings is 1. The van der Waals surface area contributed by atoms with Crippen LogP contribution in [0.2, 0.25) is 0 Å². The van der Waals surface area contributed by atoms with Crippen LogP contribution < -0.4 is 5.69 Å². The zero-order chi connectivity index (χ0) is 14.3. The second-order valence-corrected chi connectivity index (χ2v) is 5.52. The summed E-state index contributed by atoms with van der Waals surface area (Å²) in [6.07, 6.45) is 0. The molecule has 1 heterocycles. The van der Waals surface area contributed by atoms with Crippen LogP contribution in [0, 0.1) is 5.82 Å². The summed E-state index contributed by atoms with van der Waals surface area (Å²) in [5, 5.41) is 0. The Morgan fingerprint density at radius 3 is 2.55 bits per heavy atom. The molecule has 3 aromatic rings. The fraction of sp³-hybridized carbons (Fsp3) is 0.133. The van der Waals surface area contributed by atoms with E-state index in [9.17, 15) is 9.18 Å². The van der Waals surface area contributed by atoms with E-state index in [0.717, 1.165) is 16.6 Å². The van der Waals surface area contributed by atoms with Crippen molar-refractivity contribution in [1.82, 2.24) is 9.13 Å². The fourth-order valence-corrected chi connectivity index (χ4v) is 2.76. The smallest absolute Gasteiger partial charge is 0.295 e. The van der Waals surface area contributed by atoms with Crippen LogP contribution in [-0.2, 0) is 13.6 Å². The van der Waals surface area contributed by atoms with Crippen LogP contribution in [0.1, 0.15) is 5.56 Å². The van der Waals surface area contributed by atoms with Gasteiger partial charge < -0.3 is 0 Å². The van der Waals surface area contributed by atoms with Crippen LogP contribution in [0.5, 0.6) is 0 Å². The minimum atomic E-state index is -0.306. The van der Waals surface area contributed by atoms with Gasteiger partial charge in [-0.15, -0.1) is 0 Å². The van der Waals surface area contributed by atoms with Gasteiger partial charge in [0, 0.05) is 7.05 Å². The zero-order valence-corrected chi connectivity index (χ0v) is 12.4. The first-order chi connectivity index (χ1) is 9.58. The third kappa shape index (κ3) is 2.08. The number of fused-ring (bicyclic) bond motifs is 1. The van der Waals surface area contributed by atoms with Crippen molar-refractivity contribution in [1.29, 1.82) is 0 Å². The summed E-state index contributed by atoms with van der Waals surface area (Å²) in [5.41, 5.74) is 2.56. The highest BCUT2D eigenvalue weighted by Gasteiger charge is 2.10. The SMILES string of the molecule is Cn1c(=O)n(Cc2ccc(F)c(Br)c2)c2ccccc21. The maximum absolute atomic E-state index is 13.3. The summed E-state index contributed by atoms with van der Waals surface area (Å²) < 4.78 is 17.0. The van der Waals surface area contributed by atoms with Gasteiger partial charge in [0.2, 0.25) is 0 Å². The molecule has 0 saturated heterocycles. The normalized spacial score (nSPS) is 11.2. The van der Waals surface area contributed by atoms with Crippen molar-refractivity contribution >= 4 is 27.0 Å². The molecule has 3 nitrogen and oxygen atoms in total. The van der Waals surface area contributed by atoms with Crippen molar-refractivity contribution in [2.45, 2.75) is 6.54 Å². The average molecular weight is 335 g/mol. The quantitative estimate of drug-likeness (QED) is 0.706. The minimum absolute atomic E-state index is 0.0772.